The van der Waals surface area contributed by atoms with Crippen LogP contribution in [0.5, 0.6) is 11.5 Å². The zero-order valence-electron chi connectivity index (χ0n) is 12.3. The molecule has 0 radical (unpaired) electrons. The highest BCUT2D eigenvalue weighted by Crippen LogP contribution is 2.28. The van der Waals surface area contributed by atoms with E-state index < -0.39 is 0 Å². The molecule has 0 atom stereocenters. The van der Waals surface area contributed by atoms with Gasteiger partial charge in [0.15, 0.2) is 11.5 Å². The molecule has 20 heavy (non-hydrogen) atoms. The summed E-state index contributed by atoms with van der Waals surface area (Å²) < 4.78 is 10.8. The van der Waals surface area contributed by atoms with Gasteiger partial charge in [0.2, 0.25) is 5.91 Å². The van der Waals surface area contributed by atoms with E-state index >= 15 is 0 Å². The number of methoxy groups -OCH3 is 1. The summed E-state index contributed by atoms with van der Waals surface area (Å²) in [5.41, 5.74) is 1.01. The highest BCUT2D eigenvalue weighted by Gasteiger charge is 2.11. The van der Waals surface area contributed by atoms with E-state index in [4.69, 9.17) is 21.1 Å². The van der Waals surface area contributed by atoms with Crippen molar-refractivity contribution in [2.75, 3.05) is 26.6 Å². The largest absolute Gasteiger partial charge is 0.493 e. The van der Waals surface area contributed by atoms with Crippen molar-refractivity contribution in [3.8, 4) is 11.5 Å². The number of hydrogen-bond acceptors (Lipinski definition) is 3. The number of halogens is 1. The van der Waals surface area contributed by atoms with Crippen molar-refractivity contribution in [2.24, 2.45) is 0 Å². The molecule has 5 heteroatoms. The smallest absolute Gasteiger partial charge is 0.222 e. The van der Waals surface area contributed by atoms with Crippen LogP contribution in [0.4, 0.5) is 0 Å². The Morgan fingerprint density at radius 2 is 2.10 bits per heavy atom. The Labute approximate surface area is 125 Å². The van der Waals surface area contributed by atoms with Gasteiger partial charge in [-0.2, -0.15) is 0 Å². The highest BCUT2D eigenvalue weighted by atomic mass is 35.5. The highest BCUT2D eigenvalue weighted by molar-refractivity contribution is 6.17. The summed E-state index contributed by atoms with van der Waals surface area (Å²) in [4.78, 5) is 13.5. The number of rotatable bonds is 8. The summed E-state index contributed by atoms with van der Waals surface area (Å²) in [5.74, 6) is 2.01. The fraction of sp³-hybridized carbons (Fsp3) is 0.533. The predicted octanol–water partition coefficient (Wildman–Crippen LogP) is 3.07. The van der Waals surface area contributed by atoms with E-state index in [-0.39, 0.29) is 5.91 Å². The van der Waals surface area contributed by atoms with E-state index in [0.29, 0.717) is 37.6 Å². The molecule has 0 aromatic heterocycles. The van der Waals surface area contributed by atoms with Gasteiger partial charge in [-0.25, -0.2) is 0 Å². The lowest BCUT2D eigenvalue weighted by atomic mass is 10.2. The Hall–Kier alpha value is -1.42. The standard InChI is InChI=1S/C15H22ClNO3/c1-4-20-13-8-7-12(10-14(13)19-3)11-17(2)15(18)6-5-9-16/h7-8,10H,4-6,9,11H2,1-3H3. The van der Waals surface area contributed by atoms with Gasteiger partial charge in [-0.15, -0.1) is 11.6 Å². The van der Waals surface area contributed by atoms with E-state index in [2.05, 4.69) is 0 Å². The molecule has 0 unspecified atom stereocenters. The van der Waals surface area contributed by atoms with Gasteiger partial charge in [0, 0.05) is 25.9 Å². The fourth-order valence-corrected chi connectivity index (χ4v) is 1.99. The number of amides is 1. The summed E-state index contributed by atoms with van der Waals surface area (Å²) in [5, 5.41) is 0. The van der Waals surface area contributed by atoms with Gasteiger partial charge in [-0.3, -0.25) is 4.79 Å². The first kappa shape index (κ1) is 16.6. The molecule has 1 rings (SSSR count). The summed E-state index contributed by atoms with van der Waals surface area (Å²) in [6.45, 7) is 3.06. The van der Waals surface area contributed by atoms with Crippen LogP contribution in [0.2, 0.25) is 0 Å². The third kappa shape index (κ3) is 4.93. The SMILES string of the molecule is CCOc1ccc(CN(C)C(=O)CCCCl)cc1OC. The molecule has 1 aromatic carbocycles. The topological polar surface area (TPSA) is 38.8 Å². The molecule has 0 saturated carbocycles. The molecule has 4 nitrogen and oxygen atoms in total. The first-order valence-corrected chi connectivity index (χ1v) is 7.25. The average Bonchev–Trinajstić information content (AvgIpc) is 2.46. The van der Waals surface area contributed by atoms with Crippen LogP contribution in [0.3, 0.4) is 0 Å². The molecule has 1 aromatic rings. The van der Waals surface area contributed by atoms with Crippen molar-refractivity contribution in [3.05, 3.63) is 23.8 Å². The zero-order chi connectivity index (χ0) is 15.0. The first-order chi connectivity index (χ1) is 9.62. The van der Waals surface area contributed by atoms with Gasteiger partial charge in [0.1, 0.15) is 0 Å². The summed E-state index contributed by atoms with van der Waals surface area (Å²) >= 11 is 5.60. The number of nitrogens with zero attached hydrogens (tertiary/aromatic N) is 1. The van der Waals surface area contributed by atoms with Crippen molar-refractivity contribution >= 4 is 17.5 Å². The molecule has 0 spiro atoms. The maximum atomic E-state index is 11.8. The van der Waals surface area contributed by atoms with Crippen molar-refractivity contribution in [1.29, 1.82) is 0 Å². The number of benzene rings is 1. The summed E-state index contributed by atoms with van der Waals surface area (Å²) in [7, 11) is 3.40. The molecule has 0 aliphatic rings. The van der Waals surface area contributed by atoms with Crippen molar-refractivity contribution in [1.82, 2.24) is 4.90 Å². The molecule has 0 heterocycles. The molecule has 112 valence electrons. The normalized spacial score (nSPS) is 10.2. The molecular formula is C15H22ClNO3. The Morgan fingerprint density at radius 1 is 1.35 bits per heavy atom. The number of carbonyl (C=O) groups is 1. The average molecular weight is 300 g/mol. The predicted molar refractivity (Wildman–Crippen MR) is 80.6 cm³/mol. The van der Waals surface area contributed by atoms with Gasteiger partial charge in [-0.05, 0) is 31.0 Å². The van der Waals surface area contributed by atoms with Gasteiger partial charge >= 0.3 is 0 Å². The fourth-order valence-electron chi connectivity index (χ4n) is 1.86. The maximum absolute atomic E-state index is 11.8. The van der Waals surface area contributed by atoms with E-state index in [1.807, 2.05) is 25.1 Å². The van der Waals surface area contributed by atoms with Crippen LogP contribution in [-0.4, -0.2) is 37.5 Å². The van der Waals surface area contributed by atoms with Crippen LogP contribution >= 0.6 is 11.6 Å². The first-order valence-electron chi connectivity index (χ1n) is 6.72. The second-order valence-corrected chi connectivity index (χ2v) is 4.84. The minimum atomic E-state index is 0.0958. The molecule has 0 fully saturated rings. The quantitative estimate of drug-likeness (QED) is 0.693. The van der Waals surface area contributed by atoms with Gasteiger partial charge in [0.25, 0.3) is 0 Å². The maximum Gasteiger partial charge on any atom is 0.222 e. The van der Waals surface area contributed by atoms with Crippen LogP contribution in [-0.2, 0) is 11.3 Å². The van der Waals surface area contributed by atoms with Crippen LogP contribution in [0.1, 0.15) is 25.3 Å². The monoisotopic (exact) mass is 299 g/mol. The minimum Gasteiger partial charge on any atom is -0.493 e. The Kier molecular flexibility index (Phi) is 7.23. The van der Waals surface area contributed by atoms with Gasteiger partial charge in [-0.1, -0.05) is 6.07 Å². The van der Waals surface area contributed by atoms with Crippen LogP contribution in [0, 0.1) is 0 Å². The van der Waals surface area contributed by atoms with Crippen LogP contribution < -0.4 is 9.47 Å². The number of carbonyl (C=O) groups excluding carboxylic acids is 1. The Bertz CT molecular complexity index is 437. The molecule has 1 amide bonds. The second-order valence-electron chi connectivity index (χ2n) is 4.46. The summed E-state index contributed by atoms with van der Waals surface area (Å²) in [6.07, 6.45) is 1.19. The van der Waals surface area contributed by atoms with Crippen LogP contribution in [0.25, 0.3) is 0 Å². The summed E-state index contributed by atoms with van der Waals surface area (Å²) in [6, 6.07) is 5.71. The van der Waals surface area contributed by atoms with E-state index in [1.54, 1.807) is 19.1 Å². The van der Waals surface area contributed by atoms with Crippen molar-refractivity contribution < 1.29 is 14.3 Å². The molecule has 0 bridgehead atoms. The van der Waals surface area contributed by atoms with E-state index in [1.165, 1.54) is 0 Å². The van der Waals surface area contributed by atoms with E-state index in [0.717, 1.165) is 11.3 Å². The Balaban J connectivity index is 2.70. The third-order valence-electron chi connectivity index (χ3n) is 2.90. The Morgan fingerprint density at radius 3 is 2.70 bits per heavy atom. The van der Waals surface area contributed by atoms with Gasteiger partial charge < -0.3 is 14.4 Å². The molecule has 0 aliphatic carbocycles. The van der Waals surface area contributed by atoms with E-state index in [9.17, 15) is 4.79 Å². The lowest BCUT2D eigenvalue weighted by Gasteiger charge is -2.18. The number of alkyl halides is 1. The number of hydrogen-bond donors (Lipinski definition) is 0. The zero-order valence-corrected chi connectivity index (χ0v) is 13.1. The molecule has 0 aliphatic heterocycles. The molecule has 0 N–H and O–H groups in total. The minimum absolute atomic E-state index is 0.0958. The van der Waals surface area contributed by atoms with Crippen molar-refractivity contribution in [2.45, 2.75) is 26.3 Å². The van der Waals surface area contributed by atoms with Gasteiger partial charge in [0.05, 0.1) is 13.7 Å². The second kappa shape index (κ2) is 8.69. The van der Waals surface area contributed by atoms with Crippen molar-refractivity contribution in [3.63, 3.8) is 0 Å². The number of ether oxygens (including phenoxy) is 2. The molecular weight excluding hydrogens is 278 g/mol. The lowest BCUT2D eigenvalue weighted by Crippen LogP contribution is -2.25. The third-order valence-corrected chi connectivity index (χ3v) is 3.16. The lowest BCUT2D eigenvalue weighted by molar-refractivity contribution is -0.130. The van der Waals surface area contributed by atoms with Crippen LogP contribution in [0.15, 0.2) is 18.2 Å². The molecule has 0 saturated heterocycles.